The number of carbonyl (C=O) groups excluding carboxylic acids is 2. The quantitative estimate of drug-likeness (QED) is 0.452. The SMILES string of the molecule is CC(CCC(=O)O)CNC(=O)NCCOC(N)=O. The number of nitrogens with two attached hydrogens (primary N) is 1. The monoisotopic (exact) mass is 261 g/mol. The van der Waals surface area contributed by atoms with Crippen LogP contribution in [0.5, 0.6) is 0 Å². The van der Waals surface area contributed by atoms with Crippen molar-refractivity contribution >= 4 is 18.1 Å². The summed E-state index contributed by atoms with van der Waals surface area (Å²) in [5.41, 5.74) is 4.73. The van der Waals surface area contributed by atoms with Crippen molar-refractivity contribution < 1.29 is 24.2 Å². The van der Waals surface area contributed by atoms with Gasteiger partial charge in [-0.25, -0.2) is 9.59 Å². The Morgan fingerprint density at radius 1 is 1.33 bits per heavy atom. The van der Waals surface area contributed by atoms with Crippen LogP contribution in [0, 0.1) is 5.92 Å². The minimum atomic E-state index is -0.889. The lowest BCUT2D eigenvalue weighted by Gasteiger charge is -2.12. The fraction of sp³-hybridized carbons (Fsp3) is 0.700. The van der Waals surface area contributed by atoms with Gasteiger partial charge in [0, 0.05) is 13.0 Å². The molecule has 0 radical (unpaired) electrons. The molecule has 104 valence electrons. The Morgan fingerprint density at radius 3 is 2.56 bits per heavy atom. The fourth-order valence-corrected chi connectivity index (χ4v) is 1.12. The van der Waals surface area contributed by atoms with E-state index in [4.69, 9.17) is 10.8 Å². The molecule has 8 nitrogen and oxygen atoms in total. The molecule has 0 aliphatic heterocycles. The predicted molar refractivity (Wildman–Crippen MR) is 63.0 cm³/mol. The van der Waals surface area contributed by atoms with E-state index >= 15 is 0 Å². The standard InChI is InChI=1S/C10H19N3O5/c1-7(2-3-8(14)15)6-13-10(17)12-4-5-18-9(11)16/h7H,2-6H2,1H3,(H2,11,16)(H,14,15)(H2,12,13,17). The number of hydrogen-bond acceptors (Lipinski definition) is 4. The molecule has 0 saturated heterocycles. The molecule has 0 rings (SSSR count). The highest BCUT2D eigenvalue weighted by Gasteiger charge is 2.07. The van der Waals surface area contributed by atoms with Crippen molar-refractivity contribution in [2.75, 3.05) is 19.7 Å². The summed E-state index contributed by atoms with van der Waals surface area (Å²) >= 11 is 0. The summed E-state index contributed by atoms with van der Waals surface area (Å²) in [6.45, 7) is 2.41. The van der Waals surface area contributed by atoms with Crippen LogP contribution in [-0.4, -0.2) is 42.9 Å². The van der Waals surface area contributed by atoms with Gasteiger partial charge in [0.1, 0.15) is 6.61 Å². The minimum absolute atomic E-state index is 0.0112. The Balaban J connectivity index is 3.51. The normalized spacial score (nSPS) is 11.4. The van der Waals surface area contributed by atoms with Crippen LogP contribution in [0.25, 0.3) is 0 Å². The first kappa shape index (κ1) is 16.0. The number of carboxylic acid groups (broad SMARTS) is 1. The highest BCUT2D eigenvalue weighted by Crippen LogP contribution is 2.03. The van der Waals surface area contributed by atoms with Crippen molar-refractivity contribution in [3.63, 3.8) is 0 Å². The molecule has 1 atom stereocenters. The lowest BCUT2D eigenvalue weighted by molar-refractivity contribution is -0.137. The number of carboxylic acids is 1. The molecule has 0 aromatic heterocycles. The second-order valence-corrected chi connectivity index (χ2v) is 3.84. The van der Waals surface area contributed by atoms with Gasteiger partial charge in [0.05, 0.1) is 6.54 Å². The van der Waals surface area contributed by atoms with Crippen molar-refractivity contribution in [1.29, 1.82) is 0 Å². The van der Waals surface area contributed by atoms with Crippen LogP contribution in [-0.2, 0) is 9.53 Å². The van der Waals surface area contributed by atoms with Crippen LogP contribution in [0.3, 0.4) is 0 Å². The zero-order chi connectivity index (χ0) is 14.0. The Hall–Kier alpha value is -1.99. The van der Waals surface area contributed by atoms with Gasteiger partial charge >= 0.3 is 18.1 Å². The Bertz CT molecular complexity index is 295. The summed E-state index contributed by atoms with van der Waals surface area (Å²) < 4.78 is 4.41. The van der Waals surface area contributed by atoms with E-state index in [9.17, 15) is 14.4 Å². The van der Waals surface area contributed by atoms with Gasteiger partial charge in [0.2, 0.25) is 0 Å². The maximum absolute atomic E-state index is 11.2. The average Bonchev–Trinajstić information content (AvgIpc) is 2.29. The van der Waals surface area contributed by atoms with Gasteiger partial charge in [0.15, 0.2) is 0 Å². The second kappa shape index (κ2) is 9.08. The van der Waals surface area contributed by atoms with Crippen LogP contribution in [0.4, 0.5) is 9.59 Å². The number of hydrogen-bond donors (Lipinski definition) is 4. The first-order valence-electron chi connectivity index (χ1n) is 5.57. The third-order valence-corrected chi connectivity index (χ3v) is 2.09. The van der Waals surface area contributed by atoms with E-state index in [0.29, 0.717) is 13.0 Å². The molecule has 0 aliphatic rings. The van der Waals surface area contributed by atoms with Gasteiger partial charge in [-0.1, -0.05) is 6.92 Å². The summed E-state index contributed by atoms with van der Waals surface area (Å²) in [4.78, 5) is 31.7. The summed E-state index contributed by atoms with van der Waals surface area (Å²) in [6.07, 6.45) is -0.309. The van der Waals surface area contributed by atoms with Crippen LogP contribution >= 0.6 is 0 Å². The molecule has 0 heterocycles. The van der Waals surface area contributed by atoms with Gasteiger partial charge in [-0.2, -0.15) is 0 Å². The van der Waals surface area contributed by atoms with Crippen LogP contribution in [0.15, 0.2) is 0 Å². The van der Waals surface area contributed by atoms with E-state index in [1.807, 2.05) is 6.92 Å². The van der Waals surface area contributed by atoms with E-state index in [1.165, 1.54) is 0 Å². The Labute approximate surface area is 105 Å². The van der Waals surface area contributed by atoms with Gasteiger partial charge in [-0.05, 0) is 12.3 Å². The van der Waals surface area contributed by atoms with E-state index in [2.05, 4.69) is 15.4 Å². The zero-order valence-corrected chi connectivity index (χ0v) is 10.3. The van der Waals surface area contributed by atoms with Crippen molar-refractivity contribution in [2.24, 2.45) is 11.7 Å². The number of nitrogens with one attached hydrogen (secondary N) is 2. The number of carbonyl (C=O) groups is 3. The van der Waals surface area contributed by atoms with E-state index in [1.54, 1.807) is 0 Å². The van der Waals surface area contributed by atoms with Crippen molar-refractivity contribution in [3.8, 4) is 0 Å². The summed E-state index contributed by atoms with van der Waals surface area (Å²) in [6, 6.07) is -0.398. The smallest absolute Gasteiger partial charge is 0.404 e. The molecule has 0 aliphatic carbocycles. The zero-order valence-electron chi connectivity index (χ0n) is 10.3. The third kappa shape index (κ3) is 10.5. The third-order valence-electron chi connectivity index (χ3n) is 2.09. The molecule has 8 heteroatoms. The molecule has 0 spiro atoms. The molecule has 0 aromatic rings. The molecule has 18 heavy (non-hydrogen) atoms. The minimum Gasteiger partial charge on any atom is -0.481 e. The molecule has 5 N–H and O–H groups in total. The first-order valence-corrected chi connectivity index (χ1v) is 5.57. The van der Waals surface area contributed by atoms with E-state index < -0.39 is 18.1 Å². The Kier molecular flexibility index (Phi) is 8.08. The number of amides is 3. The van der Waals surface area contributed by atoms with Crippen LogP contribution in [0.2, 0.25) is 0 Å². The highest BCUT2D eigenvalue weighted by atomic mass is 16.5. The molecule has 3 amide bonds. The number of urea groups is 1. The van der Waals surface area contributed by atoms with Gasteiger partial charge in [-0.15, -0.1) is 0 Å². The molecule has 0 fully saturated rings. The maximum atomic E-state index is 11.2. The van der Waals surface area contributed by atoms with Crippen LogP contribution in [0.1, 0.15) is 19.8 Å². The molecular formula is C10H19N3O5. The lowest BCUT2D eigenvalue weighted by atomic mass is 10.1. The number of aliphatic carboxylic acids is 1. The predicted octanol–water partition coefficient (Wildman–Crippen LogP) is -0.118. The second-order valence-electron chi connectivity index (χ2n) is 3.84. The van der Waals surface area contributed by atoms with E-state index in [-0.39, 0.29) is 25.5 Å². The van der Waals surface area contributed by atoms with Gasteiger partial charge < -0.3 is 26.2 Å². The van der Waals surface area contributed by atoms with Crippen LogP contribution < -0.4 is 16.4 Å². The van der Waals surface area contributed by atoms with Crippen molar-refractivity contribution in [1.82, 2.24) is 10.6 Å². The summed E-state index contributed by atoms with van der Waals surface area (Å²) in [5, 5.41) is 13.5. The summed E-state index contributed by atoms with van der Waals surface area (Å²) in [7, 11) is 0. The molecular weight excluding hydrogens is 242 g/mol. The average molecular weight is 261 g/mol. The first-order chi connectivity index (χ1) is 8.41. The van der Waals surface area contributed by atoms with Gasteiger partial charge in [-0.3, -0.25) is 4.79 Å². The fourth-order valence-electron chi connectivity index (χ4n) is 1.12. The highest BCUT2D eigenvalue weighted by molar-refractivity contribution is 5.73. The van der Waals surface area contributed by atoms with Crippen molar-refractivity contribution in [2.45, 2.75) is 19.8 Å². The molecule has 0 aromatic carbocycles. The summed E-state index contributed by atoms with van der Waals surface area (Å²) in [5.74, 6) is -0.774. The molecule has 0 bridgehead atoms. The largest absolute Gasteiger partial charge is 0.481 e. The number of ether oxygens (including phenoxy) is 1. The van der Waals surface area contributed by atoms with E-state index in [0.717, 1.165) is 0 Å². The van der Waals surface area contributed by atoms with Crippen molar-refractivity contribution in [3.05, 3.63) is 0 Å². The van der Waals surface area contributed by atoms with Gasteiger partial charge in [0.25, 0.3) is 0 Å². The Morgan fingerprint density at radius 2 is 2.00 bits per heavy atom. The molecule has 0 saturated carbocycles. The number of rotatable bonds is 8. The lowest BCUT2D eigenvalue weighted by Crippen LogP contribution is -2.39. The topological polar surface area (TPSA) is 131 Å². The molecule has 1 unspecified atom stereocenters. The maximum Gasteiger partial charge on any atom is 0.404 e. The number of primary amides is 1.